The Labute approximate surface area is 201 Å². The third-order valence-electron chi connectivity index (χ3n) is 5.50. The number of phenols is 1. The van der Waals surface area contributed by atoms with Crippen LogP contribution in [0.2, 0.25) is 0 Å². The van der Waals surface area contributed by atoms with Crippen molar-refractivity contribution in [1.82, 2.24) is 9.80 Å². The molecule has 8 heteroatoms. The molecule has 0 spiro atoms. The van der Waals surface area contributed by atoms with Crippen LogP contribution in [0.1, 0.15) is 23.6 Å². The molecule has 3 aromatic rings. The molecule has 0 saturated carbocycles. The van der Waals surface area contributed by atoms with Crippen LogP contribution in [0.25, 0.3) is 10.4 Å². The maximum absolute atomic E-state index is 11.5. The van der Waals surface area contributed by atoms with Crippen molar-refractivity contribution >= 4 is 51.2 Å². The van der Waals surface area contributed by atoms with Crippen molar-refractivity contribution in [3.05, 3.63) is 69.0 Å². The molecule has 0 radical (unpaired) electrons. The Bertz CT molecular complexity index is 1090. The summed E-state index contributed by atoms with van der Waals surface area (Å²) in [6.07, 6.45) is 0.818. The lowest BCUT2D eigenvalue weighted by molar-refractivity contribution is -0.130. The molecule has 0 unspecified atom stereocenters. The van der Waals surface area contributed by atoms with Gasteiger partial charge in [-0.25, -0.2) is 0 Å². The molecule has 1 N–H and O–H groups in total. The van der Waals surface area contributed by atoms with Gasteiger partial charge in [0.25, 0.3) is 0 Å². The monoisotopic (exact) mass is 492 g/mol. The molecular weight excluding hydrogens is 468 g/mol. The summed E-state index contributed by atoms with van der Waals surface area (Å²) in [5.74, 6) is 0.445. The van der Waals surface area contributed by atoms with Crippen LogP contribution in [0, 0.1) is 3.82 Å². The van der Waals surface area contributed by atoms with E-state index in [4.69, 9.17) is 12.2 Å². The lowest BCUT2D eigenvalue weighted by Crippen LogP contribution is -2.47. The SMILES string of the molecule is CC(=O)N1CCN(Cc2cc(-c3ssc(=S)c3Cc3ccccc3)ccc2O)CC1.Cl. The van der Waals surface area contributed by atoms with E-state index in [-0.39, 0.29) is 18.3 Å². The average Bonchev–Trinajstić information content (AvgIpc) is 3.11. The van der Waals surface area contributed by atoms with Gasteiger partial charge >= 0.3 is 0 Å². The van der Waals surface area contributed by atoms with Crippen LogP contribution in [0.3, 0.4) is 0 Å². The quantitative estimate of drug-likeness (QED) is 0.372. The van der Waals surface area contributed by atoms with E-state index in [0.29, 0.717) is 12.3 Å². The molecule has 1 fully saturated rings. The summed E-state index contributed by atoms with van der Waals surface area (Å²) in [5, 5.41) is 10.5. The van der Waals surface area contributed by atoms with Gasteiger partial charge in [-0.2, -0.15) is 0 Å². The zero-order valence-electron chi connectivity index (χ0n) is 17.2. The number of amides is 1. The normalized spacial score (nSPS) is 14.3. The Morgan fingerprint density at radius 3 is 2.45 bits per heavy atom. The van der Waals surface area contributed by atoms with E-state index in [0.717, 1.165) is 47.6 Å². The van der Waals surface area contributed by atoms with E-state index in [1.165, 1.54) is 16.0 Å². The van der Waals surface area contributed by atoms with Crippen LogP contribution < -0.4 is 0 Å². The maximum Gasteiger partial charge on any atom is 0.219 e. The summed E-state index contributed by atoms with van der Waals surface area (Å²) in [6.45, 7) is 5.41. The third kappa shape index (κ3) is 5.73. The molecule has 1 aromatic heterocycles. The highest BCUT2D eigenvalue weighted by atomic mass is 35.5. The molecule has 0 bridgehead atoms. The summed E-state index contributed by atoms with van der Waals surface area (Å²) in [4.78, 5) is 16.9. The molecular formula is C23H25ClN2O2S3. The Kier molecular flexibility index (Phi) is 8.24. The fraction of sp³-hybridized carbons (Fsp3) is 0.304. The fourth-order valence-corrected chi connectivity index (χ4v) is 6.67. The van der Waals surface area contributed by atoms with Gasteiger partial charge in [0, 0.05) is 57.2 Å². The number of halogens is 1. The third-order valence-corrected chi connectivity index (χ3v) is 8.69. The van der Waals surface area contributed by atoms with Crippen LogP contribution >= 0.6 is 45.3 Å². The summed E-state index contributed by atoms with van der Waals surface area (Å²) >= 11 is 5.63. The van der Waals surface area contributed by atoms with Crippen molar-refractivity contribution < 1.29 is 9.90 Å². The minimum atomic E-state index is 0. The van der Waals surface area contributed by atoms with E-state index in [1.54, 1.807) is 33.7 Å². The summed E-state index contributed by atoms with van der Waals surface area (Å²) in [6, 6.07) is 16.3. The molecule has 1 saturated heterocycles. The number of hydrogen-bond acceptors (Lipinski definition) is 6. The van der Waals surface area contributed by atoms with Crippen molar-refractivity contribution in [2.75, 3.05) is 26.2 Å². The van der Waals surface area contributed by atoms with Gasteiger partial charge in [-0.15, -0.1) is 12.4 Å². The Balaban J connectivity index is 0.00000272. The highest BCUT2D eigenvalue weighted by molar-refractivity contribution is 7.80. The summed E-state index contributed by atoms with van der Waals surface area (Å²) in [7, 11) is 3.35. The highest BCUT2D eigenvalue weighted by Gasteiger charge is 2.20. The zero-order chi connectivity index (χ0) is 21.1. The van der Waals surface area contributed by atoms with Crippen LogP contribution in [0.5, 0.6) is 5.75 Å². The van der Waals surface area contributed by atoms with E-state index in [9.17, 15) is 9.90 Å². The molecule has 31 heavy (non-hydrogen) atoms. The Morgan fingerprint density at radius 1 is 1.06 bits per heavy atom. The van der Waals surface area contributed by atoms with Crippen LogP contribution in [0.15, 0.2) is 48.5 Å². The molecule has 0 aliphatic carbocycles. The number of carbonyl (C=O) groups is 1. The van der Waals surface area contributed by atoms with Gasteiger partial charge in [-0.3, -0.25) is 9.69 Å². The number of piperazine rings is 1. The van der Waals surface area contributed by atoms with Crippen molar-refractivity contribution in [1.29, 1.82) is 0 Å². The van der Waals surface area contributed by atoms with Gasteiger partial charge in [0.15, 0.2) is 0 Å². The first-order valence-electron chi connectivity index (χ1n) is 9.97. The van der Waals surface area contributed by atoms with Crippen molar-refractivity contribution in [3.8, 4) is 16.2 Å². The topological polar surface area (TPSA) is 43.8 Å². The zero-order valence-corrected chi connectivity index (χ0v) is 20.5. The van der Waals surface area contributed by atoms with Crippen molar-refractivity contribution in [3.63, 3.8) is 0 Å². The Hall–Kier alpha value is -1.77. The van der Waals surface area contributed by atoms with Gasteiger partial charge in [0.2, 0.25) is 5.91 Å². The number of nitrogens with zero attached hydrogens (tertiary/aromatic N) is 2. The van der Waals surface area contributed by atoms with E-state index < -0.39 is 0 Å². The molecule has 1 amide bonds. The number of hydrogen-bond donors (Lipinski definition) is 1. The van der Waals surface area contributed by atoms with Gasteiger partial charge in [-0.05, 0) is 29.3 Å². The van der Waals surface area contributed by atoms with Crippen LogP contribution in [0.4, 0.5) is 0 Å². The second-order valence-corrected chi connectivity index (χ2v) is 10.4. The predicted molar refractivity (Wildman–Crippen MR) is 134 cm³/mol. The smallest absolute Gasteiger partial charge is 0.219 e. The number of phenolic OH excluding ortho intramolecular Hbond substituents is 1. The van der Waals surface area contributed by atoms with E-state index >= 15 is 0 Å². The molecule has 2 heterocycles. The molecule has 4 nitrogen and oxygen atoms in total. The van der Waals surface area contributed by atoms with Gasteiger partial charge in [0.1, 0.15) is 9.57 Å². The van der Waals surface area contributed by atoms with E-state index in [1.807, 2.05) is 17.0 Å². The average molecular weight is 493 g/mol. The first-order chi connectivity index (χ1) is 14.5. The number of aromatic hydroxyl groups is 1. The second kappa shape index (κ2) is 10.7. The van der Waals surface area contributed by atoms with Crippen molar-refractivity contribution in [2.24, 2.45) is 0 Å². The summed E-state index contributed by atoms with van der Waals surface area (Å²) < 4.78 is 0.939. The van der Waals surface area contributed by atoms with Crippen LogP contribution in [-0.2, 0) is 17.8 Å². The Morgan fingerprint density at radius 2 is 1.77 bits per heavy atom. The largest absolute Gasteiger partial charge is 0.508 e. The lowest BCUT2D eigenvalue weighted by Gasteiger charge is -2.34. The number of benzene rings is 2. The lowest BCUT2D eigenvalue weighted by atomic mass is 10.0. The van der Waals surface area contributed by atoms with Crippen molar-refractivity contribution in [2.45, 2.75) is 19.9 Å². The first kappa shape index (κ1) is 23.9. The second-order valence-electron chi connectivity index (χ2n) is 7.55. The first-order valence-corrected chi connectivity index (χ1v) is 12.5. The number of rotatable bonds is 5. The maximum atomic E-state index is 11.5. The van der Waals surface area contributed by atoms with Gasteiger partial charge in [-0.1, -0.05) is 63.2 Å². The van der Waals surface area contributed by atoms with Gasteiger partial charge in [0.05, 0.1) is 4.88 Å². The molecule has 2 aromatic carbocycles. The molecule has 1 aliphatic heterocycles. The molecule has 1 aliphatic rings. The minimum Gasteiger partial charge on any atom is -0.508 e. The minimum absolute atomic E-state index is 0. The standard InChI is InChI=1S/C23H24N2O2S3.ClH/c1-16(26)25-11-9-24(10-12-25)15-19-14-18(7-8-21(19)27)22-20(23(28)30-29-22)13-17-5-3-2-4-6-17;/h2-8,14,27H,9-13,15H2,1H3;1H. The number of carbonyl (C=O) groups excluding carboxylic acids is 1. The predicted octanol–water partition coefficient (Wildman–Crippen LogP) is 5.59. The van der Waals surface area contributed by atoms with E-state index in [2.05, 4.69) is 35.2 Å². The van der Waals surface area contributed by atoms with Gasteiger partial charge < -0.3 is 10.0 Å². The molecule has 4 rings (SSSR count). The highest BCUT2D eigenvalue weighted by Crippen LogP contribution is 2.38. The summed E-state index contributed by atoms with van der Waals surface area (Å²) in [5.41, 5.74) is 4.46. The van der Waals surface area contributed by atoms with Crippen LogP contribution in [-0.4, -0.2) is 47.0 Å². The molecule has 0 atom stereocenters. The fourth-order valence-electron chi connectivity index (χ4n) is 3.76. The molecule has 164 valence electrons.